The van der Waals surface area contributed by atoms with Crippen molar-refractivity contribution in [2.75, 3.05) is 0 Å². The second-order valence-corrected chi connectivity index (χ2v) is 49.3. The molecule has 0 fully saturated rings. The number of hydrogen-bond donors (Lipinski definition) is 0. The predicted octanol–water partition coefficient (Wildman–Crippen LogP) is 18.7. The fourth-order valence-corrected chi connectivity index (χ4v) is 41.2. The van der Waals surface area contributed by atoms with Gasteiger partial charge in [0.15, 0.2) is 0 Å². The van der Waals surface area contributed by atoms with Crippen LogP contribution < -0.4 is 13.6 Å². The molecular weight excluding hydrogens is 1030 g/mol. The summed E-state index contributed by atoms with van der Waals surface area (Å²) in [5.74, 6) is 0. The van der Waals surface area contributed by atoms with Gasteiger partial charge in [0.2, 0.25) is 0 Å². The Morgan fingerprint density at radius 2 is 0.878 bits per heavy atom. The molecule has 2 aliphatic carbocycles. The minimum absolute atomic E-state index is 0.0158. The maximum absolute atomic E-state index is 9.76. The van der Waals surface area contributed by atoms with Gasteiger partial charge in [0.25, 0.3) is 0 Å². The Hall–Kier alpha value is -3.52. The quantitative estimate of drug-likeness (QED) is 0.101. The topological polar surface area (TPSA) is 0 Å². The fraction of sp³-hybridized carbons (Fsp3) is 0.429. The molecule has 74 heavy (non-hydrogen) atoms. The first-order chi connectivity index (χ1) is 34.7. The van der Waals surface area contributed by atoms with Gasteiger partial charge in [-0.3, -0.25) is 0 Å². The van der Waals surface area contributed by atoms with Gasteiger partial charge in [-0.1, -0.05) is 0 Å². The van der Waals surface area contributed by atoms with Crippen molar-refractivity contribution in [1.29, 1.82) is 0 Å². The molecule has 1 aliphatic heterocycles. The van der Waals surface area contributed by atoms with Crippen LogP contribution in [0.4, 0.5) is 0 Å². The SMILES string of the molecule is CCCCC1=Cc2c(ccc(CC)c2-c2cc(C(C)(C)C)cc(C(C)(C)C)c2)[CH]1[Zr]([Cl])([Cl])([c]1cccc2c1[SiH2]c1ccccc1-2)[CH]1C(CCCC)=Cc2c1ccc(CC)c2-c1cc(C(C)(C)C)cc(C(C)(C)C)c1. The molecular formula is C70H87Cl2SiZr. The van der Waals surface area contributed by atoms with E-state index in [0.29, 0.717) is 0 Å². The summed E-state index contributed by atoms with van der Waals surface area (Å²) in [4.78, 5) is 0. The van der Waals surface area contributed by atoms with E-state index in [9.17, 15) is 17.0 Å². The zero-order valence-electron chi connectivity index (χ0n) is 48.2. The van der Waals surface area contributed by atoms with Crippen LogP contribution in [0.1, 0.15) is 212 Å². The number of aryl methyl sites for hydroxylation is 2. The summed E-state index contributed by atoms with van der Waals surface area (Å²) < 4.78 is 1.09. The number of unbranched alkanes of at least 4 members (excludes halogenated alkanes) is 2. The van der Waals surface area contributed by atoms with Gasteiger partial charge in [0.05, 0.1) is 0 Å². The van der Waals surface area contributed by atoms with Crippen LogP contribution in [0.5, 0.6) is 0 Å². The van der Waals surface area contributed by atoms with Crippen molar-refractivity contribution in [1.82, 2.24) is 0 Å². The van der Waals surface area contributed by atoms with Gasteiger partial charge in [0, 0.05) is 0 Å². The molecule has 0 spiro atoms. The molecule has 6 aromatic rings. The second-order valence-electron chi connectivity index (χ2n) is 26.8. The number of benzene rings is 6. The summed E-state index contributed by atoms with van der Waals surface area (Å²) in [5, 5.41) is 3.00. The first kappa shape index (κ1) is 55.2. The van der Waals surface area contributed by atoms with Crippen molar-refractivity contribution < 1.29 is 16.4 Å². The van der Waals surface area contributed by atoms with E-state index >= 15 is 0 Å². The molecule has 0 nitrogen and oxygen atoms in total. The van der Waals surface area contributed by atoms with Crippen LogP contribution >= 0.6 is 17.0 Å². The summed E-state index contributed by atoms with van der Waals surface area (Å²) >= 11 is -5.85. The number of hydrogen-bond acceptors (Lipinski definition) is 0. The van der Waals surface area contributed by atoms with Crippen molar-refractivity contribution in [2.24, 2.45) is 0 Å². The Morgan fingerprint density at radius 1 is 0.473 bits per heavy atom. The fourth-order valence-electron chi connectivity index (χ4n) is 13.2. The molecule has 1 heterocycles. The van der Waals surface area contributed by atoms with Crippen molar-refractivity contribution in [2.45, 2.75) is 191 Å². The second kappa shape index (κ2) is 20.0. The van der Waals surface area contributed by atoms with Crippen LogP contribution in [0.25, 0.3) is 45.5 Å². The molecule has 4 heteroatoms. The molecule has 0 radical (unpaired) electrons. The van der Waals surface area contributed by atoms with E-state index in [2.05, 4.69) is 226 Å². The van der Waals surface area contributed by atoms with Gasteiger partial charge in [-0.05, 0) is 0 Å². The van der Waals surface area contributed by atoms with Gasteiger partial charge >= 0.3 is 463 Å². The van der Waals surface area contributed by atoms with Crippen LogP contribution in [-0.2, 0) is 50.9 Å². The Morgan fingerprint density at radius 3 is 1.27 bits per heavy atom. The Labute approximate surface area is 459 Å². The number of rotatable bonds is 13. The average molecular weight is 1120 g/mol. The molecule has 2 atom stereocenters. The molecule has 3 aliphatic rings. The molecule has 0 N–H and O–H groups in total. The first-order valence-corrected chi connectivity index (χ1v) is 40.4. The molecule has 0 amide bonds. The van der Waals surface area contributed by atoms with Crippen LogP contribution in [0.15, 0.2) is 114 Å². The molecule has 9 rings (SSSR count). The maximum atomic E-state index is 9.76. The van der Waals surface area contributed by atoms with Gasteiger partial charge in [-0.15, -0.1) is 0 Å². The molecule has 0 saturated carbocycles. The van der Waals surface area contributed by atoms with E-state index in [0.717, 1.165) is 51.4 Å². The van der Waals surface area contributed by atoms with E-state index in [-0.39, 0.29) is 28.9 Å². The summed E-state index contributed by atoms with van der Waals surface area (Å²) in [5.41, 5.74) is 24.7. The van der Waals surface area contributed by atoms with E-state index in [1.165, 1.54) is 114 Å². The molecule has 0 saturated heterocycles. The average Bonchev–Trinajstić information content (AvgIpc) is 4.05. The van der Waals surface area contributed by atoms with E-state index < -0.39 is 25.9 Å². The molecule has 0 aromatic heterocycles. The first-order valence-electron chi connectivity index (χ1n) is 28.6. The van der Waals surface area contributed by atoms with Crippen LogP contribution in [-0.4, -0.2) is 9.52 Å². The summed E-state index contributed by atoms with van der Waals surface area (Å²) in [6.07, 6.45) is 13.5. The van der Waals surface area contributed by atoms with E-state index in [1.54, 1.807) is 0 Å². The Bertz CT molecular complexity index is 2990. The Kier molecular flexibility index (Phi) is 15.0. The van der Waals surface area contributed by atoms with Gasteiger partial charge < -0.3 is 0 Å². The van der Waals surface area contributed by atoms with Gasteiger partial charge in [-0.2, -0.15) is 0 Å². The van der Waals surface area contributed by atoms with E-state index in [4.69, 9.17) is 0 Å². The van der Waals surface area contributed by atoms with Crippen molar-refractivity contribution >= 4 is 52.3 Å². The van der Waals surface area contributed by atoms with Gasteiger partial charge in [0.1, 0.15) is 0 Å². The van der Waals surface area contributed by atoms with Crippen LogP contribution in [0, 0.1) is 0 Å². The Balaban J connectivity index is 1.41. The zero-order chi connectivity index (χ0) is 53.5. The third kappa shape index (κ3) is 9.68. The zero-order valence-corrected chi connectivity index (χ0v) is 53.6. The summed E-state index contributed by atoms with van der Waals surface area (Å²) in [6, 6.07) is 41.3. The third-order valence-corrected chi connectivity index (χ3v) is 40.3. The van der Waals surface area contributed by atoms with Crippen molar-refractivity contribution in [3.8, 4) is 33.4 Å². The van der Waals surface area contributed by atoms with Crippen LogP contribution in [0.3, 0.4) is 0 Å². The molecule has 6 aromatic carbocycles. The number of halogens is 2. The third-order valence-electron chi connectivity index (χ3n) is 17.5. The number of fused-ring (bicyclic) bond motifs is 5. The monoisotopic (exact) mass is 1120 g/mol. The predicted molar refractivity (Wildman–Crippen MR) is 329 cm³/mol. The summed E-state index contributed by atoms with van der Waals surface area (Å²) in [6.45, 7) is 37.7. The molecule has 389 valence electrons. The van der Waals surface area contributed by atoms with Crippen molar-refractivity contribution in [3.63, 3.8) is 0 Å². The van der Waals surface area contributed by atoms with Gasteiger partial charge in [-0.25, -0.2) is 0 Å². The normalized spacial score (nSPS) is 17.4. The molecule has 2 unspecified atom stereocenters. The minimum atomic E-state index is -5.85. The van der Waals surface area contributed by atoms with Crippen LogP contribution in [0.2, 0.25) is 0 Å². The standard InChI is InChI=1S/2C29H39.C12H9Si.2ClH.Zr/c2*1-9-11-12-20-15-22-14-13-21(10-2)27(26(22)16-20)23-17-24(28(3,4)5)19-25(18-23)29(6,7)8;1-3-7-11-9(5-1)10-6-2-4-8-12(10)13-11;;;/h2*13-19H,9-12H2,1-8H3;1-7H,13H2;2*1H;/q;;;;;+2/p-2. The summed E-state index contributed by atoms with van der Waals surface area (Å²) in [7, 11) is 18.6. The van der Waals surface area contributed by atoms with E-state index in [1.807, 2.05) is 0 Å². The van der Waals surface area contributed by atoms with Crippen molar-refractivity contribution in [3.05, 3.63) is 170 Å². The molecule has 0 bridgehead atoms. The number of allylic oxidation sites excluding steroid dienone is 2.